The van der Waals surface area contributed by atoms with E-state index in [0.717, 1.165) is 19.3 Å². The van der Waals surface area contributed by atoms with E-state index < -0.39 is 5.60 Å². The maximum absolute atomic E-state index is 11.3. The number of fused-ring (bicyclic) bond motifs is 2. The van der Waals surface area contributed by atoms with Crippen molar-refractivity contribution < 1.29 is 14.6 Å². The highest BCUT2D eigenvalue weighted by atomic mass is 16.5. The van der Waals surface area contributed by atoms with E-state index in [-0.39, 0.29) is 12.4 Å². The lowest BCUT2D eigenvalue weighted by Crippen LogP contribution is -2.37. The fraction of sp³-hybridized carbons (Fsp3) is 0.909. The third-order valence-corrected chi connectivity index (χ3v) is 3.70. The van der Waals surface area contributed by atoms with Crippen LogP contribution in [0.2, 0.25) is 0 Å². The van der Waals surface area contributed by atoms with E-state index in [4.69, 9.17) is 4.74 Å². The van der Waals surface area contributed by atoms with Crippen molar-refractivity contribution in [3.8, 4) is 0 Å². The molecule has 0 heterocycles. The molecule has 3 atom stereocenters. The van der Waals surface area contributed by atoms with E-state index in [1.54, 1.807) is 6.92 Å². The molecule has 0 amide bonds. The summed E-state index contributed by atoms with van der Waals surface area (Å²) in [6, 6.07) is 0. The monoisotopic (exact) mass is 198 g/mol. The molecule has 0 spiro atoms. The van der Waals surface area contributed by atoms with Gasteiger partial charge in [-0.3, -0.25) is 4.79 Å². The van der Waals surface area contributed by atoms with E-state index in [9.17, 15) is 9.90 Å². The standard InChI is InChI=1S/C11H18O3/c1-2-14-10(12)7-11(13)6-8-3-4-9(11)5-8/h8-9,13H,2-7H2,1H3/t8-,9+,11+/m1/s1. The molecule has 14 heavy (non-hydrogen) atoms. The molecule has 2 rings (SSSR count). The fourth-order valence-corrected chi connectivity index (χ4v) is 3.09. The Morgan fingerprint density at radius 1 is 1.57 bits per heavy atom. The lowest BCUT2D eigenvalue weighted by atomic mass is 9.82. The van der Waals surface area contributed by atoms with Gasteiger partial charge in [-0.1, -0.05) is 0 Å². The Bertz CT molecular complexity index is 239. The Morgan fingerprint density at radius 3 is 2.86 bits per heavy atom. The van der Waals surface area contributed by atoms with Crippen LogP contribution < -0.4 is 0 Å². The maximum atomic E-state index is 11.3. The lowest BCUT2D eigenvalue weighted by molar-refractivity contribution is -0.151. The van der Waals surface area contributed by atoms with Crippen LogP contribution in [-0.2, 0) is 9.53 Å². The number of esters is 1. The highest BCUT2D eigenvalue weighted by Crippen LogP contribution is 2.52. The molecule has 0 saturated heterocycles. The van der Waals surface area contributed by atoms with E-state index in [2.05, 4.69) is 0 Å². The van der Waals surface area contributed by atoms with Crippen LogP contribution in [0.1, 0.15) is 39.0 Å². The van der Waals surface area contributed by atoms with Gasteiger partial charge in [0.05, 0.1) is 18.6 Å². The predicted octanol–water partition coefficient (Wildman–Crippen LogP) is 1.49. The van der Waals surface area contributed by atoms with Crippen molar-refractivity contribution in [1.82, 2.24) is 0 Å². The molecule has 0 radical (unpaired) electrons. The molecule has 2 fully saturated rings. The molecule has 3 heteroatoms. The van der Waals surface area contributed by atoms with Crippen molar-refractivity contribution in [3.63, 3.8) is 0 Å². The zero-order chi connectivity index (χ0) is 10.2. The second kappa shape index (κ2) is 3.54. The van der Waals surface area contributed by atoms with Gasteiger partial charge in [0.25, 0.3) is 0 Å². The summed E-state index contributed by atoms with van der Waals surface area (Å²) >= 11 is 0. The summed E-state index contributed by atoms with van der Waals surface area (Å²) in [4.78, 5) is 11.3. The first kappa shape index (κ1) is 9.97. The Labute approximate surface area is 84.4 Å². The van der Waals surface area contributed by atoms with E-state index >= 15 is 0 Å². The molecule has 0 unspecified atom stereocenters. The van der Waals surface area contributed by atoms with Gasteiger partial charge in [0.2, 0.25) is 0 Å². The molecule has 80 valence electrons. The second-order valence-electron chi connectivity index (χ2n) is 4.67. The number of hydrogen-bond donors (Lipinski definition) is 1. The summed E-state index contributed by atoms with van der Waals surface area (Å²) in [5.74, 6) is 0.749. The van der Waals surface area contributed by atoms with Gasteiger partial charge in [-0.25, -0.2) is 0 Å². The SMILES string of the molecule is CCOC(=O)C[C@@]1(O)C[C@@H]2CC[C@H]1C2. The third-order valence-electron chi connectivity index (χ3n) is 3.70. The average molecular weight is 198 g/mol. The lowest BCUT2D eigenvalue weighted by Gasteiger charge is -2.31. The van der Waals surface area contributed by atoms with Gasteiger partial charge in [0.1, 0.15) is 0 Å². The van der Waals surface area contributed by atoms with Gasteiger partial charge in [-0.15, -0.1) is 0 Å². The highest BCUT2D eigenvalue weighted by molar-refractivity contribution is 5.70. The number of carbonyl (C=O) groups is 1. The van der Waals surface area contributed by atoms with Crippen molar-refractivity contribution in [3.05, 3.63) is 0 Å². The summed E-state index contributed by atoms with van der Waals surface area (Å²) in [6.07, 6.45) is 4.42. The molecule has 2 bridgehead atoms. The second-order valence-corrected chi connectivity index (χ2v) is 4.67. The summed E-state index contributed by atoms with van der Waals surface area (Å²) in [5.41, 5.74) is -0.741. The van der Waals surface area contributed by atoms with Gasteiger partial charge in [-0.05, 0) is 44.4 Å². The van der Waals surface area contributed by atoms with Crippen LogP contribution in [0.5, 0.6) is 0 Å². The molecule has 0 aromatic carbocycles. The minimum absolute atomic E-state index is 0.196. The summed E-state index contributed by atoms with van der Waals surface area (Å²) in [5, 5.41) is 10.3. The van der Waals surface area contributed by atoms with Gasteiger partial charge in [0.15, 0.2) is 0 Å². The quantitative estimate of drug-likeness (QED) is 0.699. The summed E-state index contributed by atoms with van der Waals surface area (Å²) in [7, 11) is 0. The van der Waals surface area contributed by atoms with Crippen LogP contribution in [-0.4, -0.2) is 23.3 Å². The zero-order valence-electron chi connectivity index (χ0n) is 8.66. The first-order valence-corrected chi connectivity index (χ1v) is 5.52. The molecule has 1 N–H and O–H groups in total. The van der Waals surface area contributed by atoms with Crippen molar-refractivity contribution >= 4 is 5.97 Å². The highest BCUT2D eigenvalue weighted by Gasteiger charge is 2.50. The average Bonchev–Trinajstić information content (AvgIpc) is 2.62. The first-order chi connectivity index (χ1) is 6.64. The first-order valence-electron chi connectivity index (χ1n) is 5.52. The van der Waals surface area contributed by atoms with Crippen molar-refractivity contribution in [1.29, 1.82) is 0 Å². The van der Waals surface area contributed by atoms with Crippen molar-refractivity contribution in [2.45, 2.75) is 44.6 Å². The van der Waals surface area contributed by atoms with Crippen LogP contribution in [0.4, 0.5) is 0 Å². The maximum Gasteiger partial charge on any atom is 0.308 e. The number of ether oxygens (including phenoxy) is 1. The summed E-state index contributed by atoms with van der Waals surface area (Å²) in [6.45, 7) is 2.20. The van der Waals surface area contributed by atoms with E-state index in [1.165, 1.54) is 6.42 Å². The summed E-state index contributed by atoms with van der Waals surface area (Å²) < 4.78 is 4.88. The van der Waals surface area contributed by atoms with Crippen LogP contribution in [0.25, 0.3) is 0 Å². The topological polar surface area (TPSA) is 46.5 Å². The minimum atomic E-state index is -0.741. The van der Waals surface area contributed by atoms with Crippen molar-refractivity contribution in [2.75, 3.05) is 6.61 Å². The molecule has 0 aromatic heterocycles. The predicted molar refractivity (Wildman–Crippen MR) is 51.6 cm³/mol. The molecule has 0 aromatic rings. The van der Waals surface area contributed by atoms with Gasteiger partial charge < -0.3 is 9.84 Å². The normalized spacial score (nSPS) is 40.1. The molecule has 2 saturated carbocycles. The smallest absolute Gasteiger partial charge is 0.308 e. The molecular formula is C11H18O3. The number of hydrogen-bond acceptors (Lipinski definition) is 3. The van der Waals surface area contributed by atoms with Crippen LogP contribution in [0.3, 0.4) is 0 Å². The third kappa shape index (κ3) is 1.65. The Morgan fingerprint density at radius 2 is 2.36 bits per heavy atom. The Balaban J connectivity index is 1.93. The van der Waals surface area contributed by atoms with E-state index in [1.807, 2.05) is 0 Å². The number of aliphatic hydroxyl groups is 1. The largest absolute Gasteiger partial charge is 0.466 e. The molecular weight excluding hydrogens is 180 g/mol. The van der Waals surface area contributed by atoms with Crippen LogP contribution in [0, 0.1) is 11.8 Å². The molecule has 2 aliphatic carbocycles. The number of rotatable bonds is 3. The molecule has 2 aliphatic rings. The minimum Gasteiger partial charge on any atom is -0.466 e. The van der Waals surface area contributed by atoms with Crippen LogP contribution >= 0.6 is 0 Å². The fourth-order valence-electron chi connectivity index (χ4n) is 3.09. The van der Waals surface area contributed by atoms with Gasteiger partial charge in [0, 0.05) is 0 Å². The molecule has 3 nitrogen and oxygen atoms in total. The Kier molecular flexibility index (Phi) is 2.52. The van der Waals surface area contributed by atoms with Crippen molar-refractivity contribution in [2.24, 2.45) is 11.8 Å². The van der Waals surface area contributed by atoms with Gasteiger partial charge >= 0.3 is 5.97 Å². The zero-order valence-corrected chi connectivity index (χ0v) is 8.66. The van der Waals surface area contributed by atoms with Gasteiger partial charge in [-0.2, -0.15) is 0 Å². The molecule has 0 aliphatic heterocycles. The Hall–Kier alpha value is -0.570. The number of carbonyl (C=O) groups excluding carboxylic acids is 1. The van der Waals surface area contributed by atoms with E-state index in [0.29, 0.717) is 18.4 Å². The van der Waals surface area contributed by atoms with Crippen LogP contribution in [0.15, 0.2) is 0 Å².